The van der Waals surface area contributed by atoms with Crippen molar-refractivity contribution in [1.29, 1.82) is 5.26 Å². The van der Waals surface area contributed by atoms with Gasteiger partial charge in [-0.25, -0.2) is 0 Å². The summed E-state index contributed by atoms with van der Waals surface area (Å²) >= 11 is 0. The first-order valence-corrected chi connectivity index (χ1v) is 6.55. The van der Waals surface area contributed by atoms with Gasteiger partial charge >= 0.3 is 0 Å². The smallest absolute Gasteiger partial charge is 0.101 e. The van der Waals surface area contributed by atoms with Gasteiger partial charge in [-0.15, -0.1) is 0 Å². The van der Waals surface area contributed by atoms with Crippen molar-refractivity contribution < 1.29 is 0 Å². The number of hydrogen-bond donors (Lipinski definition) is 0. The van der Waals surface area contributed by atoms with Crippen molar-refractivity contribution in [2.24, 2.45) is 5.92 Å². The van der Waals surface area contributed by atoms with Crippen LogP contribution in [-0.4, -0.2) is 24.0 Å². The molecule has 2 nitrogen and oxygen atoms in total. The molecule has 0 amide bonds. The van der Waals surface area contributed by atoms with E-state index in [1.807, 2.05) is 0 Å². The van der Waals surface area contributed by atoms with Crippen LogP contribution < -0.4 is 0 Å². The molecule has 15 heavy (non-hydrogen) atoms. The minimum atomic E-state index is 0.227. The van der Waals surface area contributed by atoms with Gasteiger partial charge in [0.15, 0.2) is 0 Å². The largest absolute Gasteiger partial charge is 0.288 e. The van der Waals surface area contributed by atoms with Gasteiger partial charge in [0.2, 0.25) is 0 Å². The molecule has 0 aromatic rings. The lowest BCUT2D eigenvalue weighted by Crippen LogP contribution is -2.37. The standard InChI is InChI=1S/C13H22N2/c14-11-13(15-9-5-6-10-15)12-7-3-1-2-4-8-12/h12-13H,1-10H2. The molecule has 0 radical (unpaired) electrons. The molecule has 0 N–H and O–H groups in total. The highest BCUT2D eigenvalue weighted by Crippen LogP contribution is 2.29. The van der Waals surface area contributed by atoms with Crippen LogP contribution in [0.4, 0.5) is 0 Å². The van der Waals surface area contributed by atoms with Gasteiger partial charge in [0.1, 0.15) is 6.04 Å². The van der Waals surface area contributed by atoms with Crippen molar-refractivity contribution >= 4 is 0 Å². The van der Waals surface area contributed by atoms with E-state index in [1.165, 1.54) is 51.4 Å². The predicted octanol–water partition coefficient (Wildman–Crippen LogP) is 2.94. The molecule has 1 saturated carbocycles. The van der Waals surface area contributed by atoms with E-state index in [0.717, 1.165) is 13.1 Å². The molecule has 0 aromatic carbocycles. The van der Waals surface area contributed by atoms with Crippen molar-refractivity contribution in [3.8, 4) is 6.07 Å². The fraction of sp³-hybridized carbons (Fsp3) is 0.923. The summed E-state index contributed by atoms with van der Waals surface area (Å²) in [5.41, 5.74) is 0. The fourth-order valence-electron chi connectivity index (χ4n) is 3.13. The molecule has 2 aliphatic rings. The number of nitriles is 1. The maximum atomic E-state index is 9.34. The third-order valence-corrected chi connectivity index (χ3v) is 4.01. The monoisotopic (exact) mass is 206 g/mol. The zero-order valence-corrected chi connectivity index (χ0v) is 9.62. The summed E-state index contributed by atoms with van der Waals surface area (Å²) in [7, 11) is 0. The Labute approximate surface area is 93.3 Å². The van der Waals surface area contributed by atoms with E-state index >= 15 is 0 Å². The van der Waals surface area contributed by atoms with Crippen LogP contribution in [0, 0.1) is 17.2 Å². The molecule has 0 bridgehead atoms. The van der Waals surface area contributed by atoms with Gasteiger partial charge < -0.3 is 0 Å². The van der Waals surface area contributed by atoms with Gasteiger partial charge in [-0.2, -0.15) is 5.26 Å². The molecular weight excluding hydrogens is 184 g/mol. The second-order valence-corrected chi connectivity index (χ2v) is 5.07. The highest BCUT2D eigenvalue weighted by Gasteiger charge is 2.29. The van der Waals surface area contributed by atoms with E-state index < -0.39 is 0 Å². The molecule has 2 rings (SSSR count). The van der Waals surface area contributed by atoms with Crippen LogP contribution in [0.2, 0.25) is 0 Å². The molecule has 1 atom stereocenters. The van der Waals surface area contributed by atoms with Gasteiger partial charge in [-0.05, 0) is 44.7 Å². The SMILES string of the molecule is N#CC(C1CCCCCC1)N1CCCC1. The summed E-state index contributed by atoms with van der Waals surface area (Å²) < 4.78 is 0. The molecule has 1 aliphatic carbocycles. The summed E-state index contributed by atoms with van der Waals surface area (Å²) in [6.07, 6.45) is 10.6. The second kappa shape index (κ2) is 5.51. The van der Waals surface area contributed by atoms with Crippen LogP contribution >= 0.6 is 0 Å². The molecule has 1 unspecified atom stereocenters. The van der Waals surface area contributed by atoms with E-state index in [9.17, 15) is 5.26 Å². The molecule has 84 valence electrons. The highest BCUT2D eigenvalue weighted by molar-refractivity contribution is 4.98. The van der Waals surface area contributed by atoms with Gasteiger partial charge in [0, 0.05) is 0 Å². The van der Waals surface area contributed by atoms with Crippen LogP contribution in [0.5, 0.6) is 0 Å². The maximum absolute atomic E-state index is 9.34. The third-order valence-electron chi connectivity index (χ3n) is 4.01. The maximum Gasteiger partial charge on any atom is 0.101 e. The van der Waals surface area contributed by atoms with Crippen LogP contribution in [-0.2, 0) is 0 Å². The second-order valence-electron chi connectivity index (χ2n) is 5.07. The van der Waals surface area contributed by atoms with Crippen molar-refractivity contribution in [2.75, 3.05) is 13.1 Å². The molecule has 0 aromatic heterocycles. The molecular formula is C13H22N2. The van der Waals surface area contributed by atoms with E-state index in [2.05, 4.69) is 11.0 Å². The van der Waals surface area contributed by atoms with Crippen molar-refractivity contribution in [3.63, 3.8) is 0 Å². The van der Waals surface area contributed by atoms with Gasteiger partial charge in [-0.1, -0.05) is 25.7 Å². The normalized spacial score (nSPS) is 27.1. The van der Waals surface area contributed by atoms with Gasteiger partial charge in [0.05, 0.1) is 6.07 Å². The number of likely N-dealkylation sites (tertiary alicyclic amines) is 1. The molecule has 1 aliphatic heterocycles. The first kappa shape index (κ1) is 11.0. The Bertz CT molecular complexity index is 217. The number of nitrogens with zero attached hydrogens (tertiary/aromatic N) is 2. The average molecular weight is 206 g/mol. The van der Waals surface area contributed by atoms with Crippen LogP contribution in [0.1, 0.15) is 51.4 Å². The van der Waals surface area contributed by atoms with Crippen molar-refractivity contribution in [1.82, 2.24) is 4.90 Å². The van der Waals surface area contributed by atoms with Crippen LogP contribution in [0.15, 0.2) is 0 Å². The summed E-state index contributed by atoms with van der Waals surface area (Å²) in [6.45, 7) is 2.32. The molecule has 2 heteroatoms. The first-order chi connectivity index (χ1) is 7.42. The first-order valence-electron chi connectivity index (χ1n) is 6.55. The quantitative estimate of drug-likeness (QED) is 0.649. The van der Waals surface area contributed by atoms with E-state index in [-0.39, 0.29) is 6.04 Å². The Morgan fingerprint density at radius 2 is 1.53 bits per heavy atom. The van der Waals surface area contributed by atoms with Gasteiger partial charge in [-0.3, -0.25) is 4.90 Å². The van der Waals surface area contributed by atoms with E-state index in [1.54, 1.807) is 0 Å². The summed E-state index contributed by atoms with van der Waals surface area (Å²) in [5, 5.41) is 9.34. The zero-order valence-electron chi connectivity index (χ0n) is 9.62. The van der Waals surface area contributed by atoms with Crippen LogP contribution in [0.3, 0.4) is 0 Å². The molecule has 2 fully saturated rings. The zero-order chi connectivity index (χ0) is 10.5. The summed E-state index contributed by atoms with van der Waals surface area (Å²) in [6, 6.07) is 2.79. The number of hydrogen-bond acceptors (Lipinski definition) is 2. The Kier molecular flexibility index (Phi) is 4.02. The minimum absolute atomic E-state index is 0.227. The summed E-state index contributed by atoms with van der Waals surface area (Å²) in [5.74, 6) is 0.663. The third kappa shape index (κ3) is 2.72. The Balaban J connectivity index is 1.94. The summed E-state index contributed by atoms with van der Waals surface area (Å²) in [4.78, 5) is 2.43. The van der Waals surface area contributed by atoms with E-state index in [4.69, 9.17) is 0 Å². The lowest BCUT2D eigenvalue weighted by Gasteiger charge is -2.28. The number of rotatable bonds is 2. The lowest BCUT2D eigenvalue weighted by molar-refractivity contribution is 0.205. The highest BCUT2D eigenvalue weighted by atomic mass is 15.2. The minimum Gasteiger partial charge on any atom is -0.288 e. The fourth-order valence-corrected chi connectivity index (χ4v) is 3.13. The lowest BCUT2D eigenvalue weighted by atomic mass is 9.92. The topological polar surface area (TPSA) is 27.0 Å². The van der Waals surface area contributed by atoms with E-state index in [0.29, 0.717) is 5.92 Å². The molecule has 1 saturated heterocycles. The molecule has 0 spiro atoms. The average Bonchev–Trinajstić information content (AvgIpc) is 2.63. The van der Waals surface area contributed by atoms with Crippen LogP contribution in [0.25, 0.3) is 0 Å². The Morgan fingerprint density at radius 1 is 0.933 bits per heavy atom. The molecule has 1 heterocycles. The Morgan fingerprint density at radius 3 is 2.07 bits per heavy atom. The van der Waals surface area contributed by atoms with Crippen molar-refractivity contribution in [3.05, 3.63) is 0 Å². The van der Waals surface area contributed by atoms with Crippen molar-refractivity contribution in [2.45, 2.75) is 57.4 Å². The Hall–Kier alpha value is -0.550. The van der Waals surface area contributed by atoms with Gasteiger partial charge in [0.25, 0.3) is 0 Å². The predicted molar refractivity (Wildman–Crippen MR) is 61.4 cm³/mol.